The van der Waals surface area contributed by atoms with Crippen LogP contribution in [-0.2, 0) is 4.74 Å². The van der Waals surface area contributed by atoms with Crippen LogP contribution >= 0.6 is 0 Å². The summed E-state index contributed by atoms with van der Waals surface area (Å²) in [4.78, 5) is 0. The molecule has 0 saturated heterocycles. The van der Waals surface area contributed by atoms with Gasteiger partial charge in [-0.2, -0.15) is 0 Å². The van der Waals surface area contributed by atoms with Crippen LogP contribution < -0.4 is 0 Å². The third-order valence-corrected chi connectivity index (χ3v) is 3.20. The van der Waals surface area contributed by atoms with Gasteiger partial charge in [0.1, 0.15) is 0 Å². The van der Waals surface area contributed by atoms with Crippen molar-refractivity contribution in [2.24, 2.45) is 10.8 Å². The maximum atomic E-state index is 5.14. The zero-order valence-corrected chi connectivity index (χ0v) is 6.24. The lowest BCUT2D eigenvalue weighted by Crippen LogP contribution is -2.06. The lowest BCUT2D eigenvalue weighted by Gasteiger charge is -2.06. The minimum absolute atomic E-state index is 0.585. The van der Waals surface area contributed by atoms with Crippen molar-refractivity contribution < 1.29 is 4.74 Å². The van der Waals surface area contributed by atoms with Gasteiger partial charge >= 0.3 is 0 Å². The number of hydrogen-bond donors (Lipinski definition) is 0. The Balaban J connectivity index is 1.96. The molecule has 0 amide bonds. The fourth-order valence-electron chi connectivity index (χ4n) is 2.16. The van der Waals surface area contributed by atoms with Gasteiger partial charge in [0.2, 0.25) is 0 Å². The van der Waals surface area contributed by atoms with Crippen LogP contribution in [0.15, 0.2) is 0 Å². The van der Waals surface area contributed by atoms with Crippen LogP contribution in [0, 0.1) is 10.8 Å². The predicted octanol–water partition coefficient (Wildman–Crippen LogP) is 1.82. The maximum Gasteiger partial charge on any atom is 0.0521 e. The average Bonchev–Trinajstić information content (AvgIpc) is 2.56. The Morgan fingerprint density at radius 1 is 1.44 bits per heavy atom. The number of hydrogen-bond acceptors (Lipinski definition) is 1. The Morgan fingerprint density at radius 3 is 2.44 bits per heavy atom. The molecule has 0 N–H and O–H groups in total. The van der Waals surface area contributed by atoms with E-state index < -0.39 is 0 Å². The van der Waals surface area contributed by atoms with Crippen molar-refractivity contribution in [3.63, 3.8) is 0 Å². The third kappa shape index (κ3) is 0.586. The zero-order valence-electron chi connectivity index (χ0n) is 6.24. The first-order chi connectivity index (χ1) is 4.22. The summed E-state index contributed by atoms with van der Waals surface area (Å²) in [7, 11) is 1.81. The first-order valence-electron chi connectivity index (χ1n) is 3.71. The molecule has 1 unspecified atom stereocenters. The molecule has 2 saturated carbocycles. The van der Waals surface area contributed by atoms with Crippen LogP contribution in [0.25, 0.3) is 0 Å². The van der Waals surface area contributed by atoms with Gasteiger partial charge < -0.3 is 4.74 Å². The van der Waals surface area contributed by atoms with Gasteiger partial charge in [-0.05, 0) is 30.1 Å². The summed E-state index contributed by atoms with van der Waals surface area (Å²) in [5.41, 5.74) is 1.37. The quantitative estimate of drug-likeness (QED) is 0.548. The van der Waals surface area contributed by atoms with Crippen LogP contribution in [0.5, 0.6) is 0 Å². The largest absolute Gasteiger partial charge is 0.384 e. The van der Waals surface area contributed by atoms with Crippen molar-refractivity contribution in [2.45, 2.75) is 26.2 Å². The molecule has 0 aromatic rings. The predicted molar refractivity (Wildman–Crippen MR) is 36.3 cm³/mol. The highest BCUT2D eigenvalue weighted by molar-refractivity contribution is 5.20. The van der Waals surface area contributed by atoms with Crippen LogP contribution in [0.1, 0.15) is 26.2 Å². The van der Waals surface area contributed by atoms with Gasteiger partial charge in [-0.15, -0.1) is 0 Å². The summed E-state index contributed by atoms with van der Waals surface area (Å²) in [6.07, 6.45) is 4.35. The van der Waals surface area contributed by atoms with Gasteiger partial charge in [0.05, 0.1) is 6.61 Å². The fourth-order valence-corrected chi connectivity index (χ4v) is 2.16. The monoisotopic (exact) mass is 126 g/mol. The molecule has 0 heterocycles. The SMILES string of the molecule is COCC1(C)CC12CC2. The first kappa shape index (κ1) is 5.72. The van der Waals surface area contributed by atoms with Crippen LogP contribution in [-0.4, -0.2) is 13.7 Å². The summed E-state index contributed by atoms with van der Waals surface area (Å²) in [5, 5.41) is 0. The second kappa shape index (κ2) is 1.34. The van der Waals surface area contributed by atoms with Crippen molar-refractivity contribution in [1.82, 2.24) is 0 Å². The number of methoxy groups -OCH3 is 1. The third-order valence-electron chi connectivity index (χ3n) is 3.20. The second-order valence-electron chi connectivity index (χ2n) is 3.95. The minimum atomic E-state index is 0.585. The molecule has 2 aliphatic rings. The lowest BCUT2D eigenvalue weighted by atomic mass is 10.1. The minimum Gasteiger partial charge on any atom is -0.384 e. The van der Waals surface area contributed by atoms with E-state index in [2.05, 4.69) is 6.92 Å². The van der Waals surface area contributed by atoms with E-state index in [4.69, 9.17) is 4.74 Å². The van der Waals surface area contributed by atoms with Gasteiger partial charge in [-0.25, -0.2) is 0 Å². The Kier molecular flexibility index (Phi) is 0.852. The summed E-state index contributed by atoms with van der Waals surface area (Å²) in [6, 6.07) is 0. The van der Waals surface area contributed by atoms with Crippen molar-refractivity contribution in [3.8, 4) is 0 Å². The Hall–Kier alpha value is -0.0400. The number of ether oxygens (including phenoxy) is 1. The molecule has 1 heteroatoms. The molecular formula is C8H14O. The Bertz CT molecular complexity index is 138. The number of rotatable bonds is 2. The molecule has 0 radical (unpaired) electrons. The summed E-state index contributed by atoms with van der Waals surface area (Å²) in [6.45, 7) is 3.33. The van der Waals surface area contributed by atoms with Crippen LogP contribution in [0.2, 0.25) is 0 Å². The highest BCUT2D eigenvalue weighted by atomic mass is 16.5. The van der Waals surface area contributed by atoms with Gasteiger partial charge in [-0.1, -0.05) is 6.92 Å². The van der Waals surface area contributed by atoms with E-state index in [0.29, 0.717) is 5.41 Å². The normalized spacial score (nSPS) is 43.3. The smallest absolute Gasteiger partial charge is 0.0521 e. The molecule has 2 rings (SSSR count). The van der Waals surface area contributed by atoms with E-state index in [-0.39, 0.29) is 0 Å². The van der Waals surface area contributed by atoms with E-state index >= 15 is 0 Å². The summed E-state index contributed by atoms with van der Waals surface area (Å²) < 4.78 is 5.14. The second-order valence-corrected chi connectivity index (χ2v) is 3.95. The van der Waals surface area contributed by atoms with Gasteiger partial charge in [0, 0.05) is 7.11 Å². The molecule has 0 aromatic heterocycles. The zero-order chi connectivity index (χ0) is 6.54. The van der Waals surface area contributed by atoms with Gasteiger partial charge in [0.25, 0.3) is 0 Å². The average molecular weight is 126 g/mol. The van der Waals surface area contributed by atoms with Crippen LogP contribution in [0.4, 0.5) is 0 Å². The summed E-state index contributed by atoms with van der Waals surface area (Å²) in [5.74, 6) is 0. The fraction of sp³-hybridized carbons (Fsp3) is 1.00. The van der Waals surface area contributed by atoms with Crippen molar-refractivity contribution >= 4 is 0 Å². The molecule has 2 fully saturated rings. The van der Waals surface area contributed by atoms with E-state index in [1.165, 1.54) is 19.3 Å². The molecular weight excluding hydrogens is 112 g/mol. The molecule has 2 aliphatic carbocycles. The van der Waals surface area contributed by atoms with E-state index in [1.54, 1.807) is 7.11 Å². The molecule has 0 aliphatic heterocycles. The van der Waals surface area contributed by atoms with Crippen molar-refractivity contribution in [3.05, 3.63) is 0 Å². The topological polar surface area (TPSA) is 9.23 Å². The molecule has 9 heavy (non-hydrogen) atoms. The molecule has 0 bridgehead atoms. The first-order valence-corrected chi connectivity index (χ1v) is 3.71. The Labute approximate surface area is 56.4 Å². The van der Waals surface area contributed by atoms with Gasteiger partial charge in [0.15, 0.2) is 0 Å². The van der Waals surface area contributed by atoms with Gasteiger partial charge in [-0.3, -0.25) is 0 Å². The maximum absolute atomic E-state index is 5.14. The molecule has 0 aromatic carbocycles. The molecule has 1 spiro atoms. The van der Waals surface area contributed by atoms with E-state index in [0.717, 1.165) is 12.0 Å². The summed E-state index contributed by atoms with van der Waals surface area (Å²) >= 11 is 0. The lowest BCUT2D eigenvalue weighted by molar-refractivity contribution is 0.139. The van der Waals surface area contributed by atoms with Crippen molar-refractivity contribution in [1.29, 1.82) is 0 Å². The molecule has 1 nitrogen and oxygen atoms in total. The Morgan fingerprint density at radius 2 is 2.11 bits per heavy atom. The van der Waals surface area contributed by atoms with Crippen molar-refractivity contribution in [2.75, 3.05) is 13.7 Å². The van der Waals surface area contributed by atoms with E-state index in [9.17, 15) is 0 Å². The highest BCUT2D eigenvalue weighted by Gasteiger charge is 2.70. The van der Waals surface area contributed by atoms with Crippen LogP contribution in [0.3, 0.4) is 0 Å². The highest BCUT2D eigenvalue weighted by Crippen LogP contribution is 2.78. The molecule has 1 atom stereocenters. The van der Waals surface area contributed by atoms with E-state index in [1.807, 2.05) is 0 Å². The standard InChI is InChI=1S/C8H14O/c1-7(6-9-2)5-8(7)3-4-8/h3-6H2,1-2H3. The molecule has 52 valence electrons.